The van der Waals surface area contributed by atoms with E-state index < -0.39 is 0 Å². The van der Waals surface area contributed by atoms with Crippen LogP contribution < -0.4 is 5.19 Å². The number of hydrogen-bond donors (Lipinski definition) is 0. The molecule has 0 spiro atoms. The number of benzene rings is 2. The summed E-state index contributed by atoms with van der Waals surface area (Å²) in [6.07, 6.45) is 11.2. The average molecular weight is 317 g/mol. The van der Waals surface area contributed by atoms with Crippen molar-refractivity contribution in [1.82, 2.24) is 0 Å². The zero-order valence-electron chi connectivity index (χ0n) is 13.7. The van der Waals surface area contributed by atoms with Gasteiger partial charge in [-0.3, -0.25) is 0 Å². The summed E-state index contributed by atoms with van der Waals surface area (Å²) in [6.45, 7) is 0. The molecule has 1 fully saturated rings. The van der Waals surface area contributed by atoms with Gasteiger partial charge in [0, 0.05) is 5.92 Å². The molecule has 1 saturated carbocycles. The largest absolute Gasteiger partial charge is 0.121 e. The van der Waals surface area contributed by atoms with E-state index in [-0.39, 0.29) is 0 Å². The molecule has 1 heteroatoms. The zero-order chi connectivity index (χ0) is 15.5. The van der Waals surface area contributed by atoms with Crippen molar-refractivity contribution in [3.8, 4) is 0 Å². The Bertz CT molecular complexity index is 680. The number of allylic oxidation sites excluding steroid dienone is 1. The third kappa shape index (κ3) is 3.35. The van der Waals surface area contributed by atoms with Crippen LogP contribution in [0.25, 0.3) is 5.20 Å². The van der Waals surface area contributed by atoms with E-state index in [0.717, 1.165) is 15.4 Å². The fraction of sp³-hybridized carbons (Fsp3) is 0.364. The summed E-state index contributed by atoms with van der Waals surface area (Å²) >= 11 is 0. The number of rotatable bonds is 4. The SMILES string of the molecule is C1=C([Si]c2ccccc2)c2ccccc2C1CC1CCCCC1. The summed E-state index contributed by atoms with van der Waals surface area (Å²) in [7, 11) is 0.784. The number of fused-ring (bicyclic) bond motifs is 1. The Morgan fingerprint density at radius 3 is 2.39 bits per heavy atom. The molecule has 0 nitrogen and oxygen atoms in total. The minimum absolute atomic E-state index is 0.653. The van der Waals surface area contributed by atoms with Gasteiger partial charge in [0.25, 0.3) is 0 Å². The van der Waals surface area contributed by atoms with Crippen molar-refractivity contribution in [3.63, 3.8) is 0 Å². The van der Waals surface area contributed by atoms with Crippen molar-refractivity contribution >= 4 is 19.9 Å². The van der Waals surface area contributed by atoms with Gasteiger partial charge in [0.05, 0.1) is 0 Å². The van der Waals surface area contributed by atoms with Gasteiger partial charge in [-0.15, -0.1) is 0 Å². The molecule has 0 amide bonds. The maximum absolute atomic E-state index is 2.59. The van der Waals surface area contributed by atoms with Gasteiger partial charge in [-0.1, -0.05) is 103 Å². The smallest absolute Gasteiger partial charge is 0.0772 e. The Kier molecular flexibility index (Phi) is 4.47. The van der Waals surface area contributed by atoms with Crippen LogP contribution in [0.2, 0.25) is 0 Å². The molecule has 23 heavy (non-hydrogen) atoms. The van der Waals surface area contributed by atoms with Crippen molar-refractivity contribution in [2.24, 2.45) is 5.92 Å². The van der Waals surface area contributed by atoms with E-state index in [0.29, 0.717) is 5.92 Å². The standard InChI is InChI=1S/C22H24Si/c1-3-9-17(10-4-1)15-18-16-22(21-14-8-7-13-20(18)21)23-19-11-5-2-6-12-19/h2,5-8,11-14,16-18H,1,3-4,9-10,15H2. The summed E-state index contributed by atoms with van der Waals surface area (Å²) < 4.78 is 0. The van der Waals surface area contributed by atoms with Crippen LogP contribution in [-0.4, -0.2) is 9.52 Å². The van der Waals surface area contributed by atoms with Gasteiger partial charge in [0.2, 0.25) is 0 Å². The second kappa shape index (κ2) is 6.88. The Morgan fingerprint density at radius 2 is 1.57 bits per heavy atom. The molecule has 0 heterocycles. The molecule has 2 aliphatic rings. The van der Waals surface area contributed by atoms with E-state index in [1.807, 2.05) is 0 Å². The molecular formula is C22H24Si. The summed E-state index contributed by atoms with van der Waals surface area (Å²) in [6, 6.07) is 20.1. The Hall–Kier alpha value is -1.60. The molecule has 0 N–H and O–H groups in total. The van der Waals surface area contributed by atoms with Gasteiger partial charge in [-0.05, 0) is 23.5 Å². The van der Waals surface area contributed by atoms with Crippen LogP contribution in [0.15, 0.2) is 60.7 Å². The Balaban J connectivity index is 1.57. The molecule has 2 aromatic rings. The quantitative estimate of drug-likeness (QED) is 0.686. The first-order valence-corrected chi connectivity index (χ1v) is 10.0. The van der Waals surface area contributed by atoms with E-state index in [9.17, 15) is 0 Å². The molecule has 2 radical (unpaired) electrons. The van der Waals surface area contributed by atoms with Crippen LogP contribution in [0.5, 0.6) is 0 Å². The van der Waals surface area contributed by atoms with E-state index in [2.05, 4.69) is 60.7 Å². The van der Waals surface area contributed by atoms with E-state index in [1.54, 1.807) is 10.8 Å². The summed E-state index contributed by atoms with van der Waals surface area (Å²) in [5.41, 5.74) is 3.09. The molecule has 0 bridgehead atoms. The van der Waals surface area contributed by atoms with Crippen LogP contribution in [0.1, 0.15) is 55.6 Å². The van der Waals surface area contributed by atoms with Crippen LogP contribution in [0, 0.1) is 5.92 Å². The maximum Gasteiger partial charge on any atom is 0.121 e. The van der Waals surface area contributed by atoms with E-state index in [1.165, 1.54) is 49.3 Å². The first-order valence-electron chi connectivity index (χ1n) is 9.03. The average Bonchev–Trinajstić information content (AvgIpc) is 2.95. The topological polar surface area (TPSA) is 0 Å². The predicted octanol–water partition coefficient (Wildman–Crippen LogP) is 5.12. The molecule has 0 aliphatic heterocycles. The minimum atomic E-state index is 0.653. The van der Waals surface area contributed by atoms with Gasteiger partial charge in [0.1, 0.15) is 9.52 Å². The van der Waals surface area contributed by atoms with Crippen molar-refractivity contribution in [1.29, 1.82) is 0 Å². The third-order valence-electron chi connectivity index (χ3n) is 5.38. The third-order valence-corrected chi connectivity index (χ3v) is 6.71. The van der Waals surface area contributed by atoms with Crippen molar-refractivity contribution < 1.29 is 0 Å². The highest BCUT2D eigenvalue weighted by Gasteiger charge is 2.26. The highest BCUT2D eigenvalue weighted by atomic mass is 28.2. The maximum atomic E-state index is 2.59. The lowest BCUT2D eigenvalue weighted by atomic mass is 9.81. The van der Waals surface area contributed by atoms with Crippen molar-refractivity contribution in [2.45, 2.75) is 44.4 Å². The summed E-state index contributed by atoms with van der Waals surface area (Å²) in [5, 5.41) is 3.01. The summed E-state index contributed by atoms with van der Waals surface area (Å²) in [4.78, 5) is 0. The molecule has 116 valence electrons. The molecule has 2 aromatic carbocycles. The van der Waals surface area contributed by atoms with Gasteiger partial charge in [-0.2, -0.15) is 0 Å². The molecule has 1 atom stereocenters. The van der Waals surface area contributed by atoms with Gasteiger partial charge in [0.15, 0.2) is 0 Å². The fourth-order valence-electron chi connectivity index (χ4n) is 4.21. The lowest BCUT2D eigenvalue weighted by Gasteiger charge is -2.24. The predicted molar refractivity (Wildman–Crippen MR) is 100 cm³/mol. The van der Waals surface area contributed by atoms with E-state index >= 15 is 0 Å². The van der Waals surface area contributed by atoms with Crippen molar-refractivity contribution in [3.05, 3.63) is 71.8 Å². The highest BCUT2D eigenvalue weighted by Crippen LogP contribution is 2.41. The summed E-state index contributed by atoms with van der Waals surface area (Å²) in [5.74, 6) is 1.60. The normalized spacial score (nSPS) is 21.0. The first kappa shape index (κ1) is 15.0. The van der Waals surface area contributed by atoms with Gasteiger partial charge < -0.3 is 0 Å². The lowest BCUT2D eigenvalue weighted by molar-refractivity contribution is 0.330. The Labute approximate surface area is 142 Å². The highest BCUT2D eigenvalue weighted by molar-refractivity contribution is 6.73. The fourth-order valence-corrected chi connectivity index (χ4v) is 5.53. The second-order valence-corrected chi connectivity index (χ2v) is 8.37. The second-order valence-electron chi connectivity index (χ2n) is 7.00. The zero-order valence-corrected chi connectivity index (χ0v) is 14.7. The van der Waals surface area contributed by atoms with Crippen LogP contribution in [0.4, 0.5) is 0 Å². The molecule has 2 aliphatic carbocycles. The lowest BCUT2D eigenvalue weighted by Crippen LogP contribution is -2.14. The van der Waals surface area contributed by atoms with Crippen LogP contribution in [-0.2, 0) is 0 Å². The molecule has 1 unspecified atom stereocenters. The van der Waals surface area contributed by atoms with Crippen LogP contribution >= 0.6 is 0 Å². The molecule has 0 saturated heterocycles. The van der Waals surface area contributed by atoms with Gasteiger partial charge >= 0.3 is 0 Å². The number of hydrogen-bond acceptors (Lipinski definition) is 0. The van der Waals surface area contributed by atoms with Crippen molar-refractivity contribution in [2.75, 3.05) is 0 Å². The minimum Gasteiger partial charge on any atom is -0.0772 e. The first-order chi connectivity index (χ1) is 11.4. The molecular weight excluding hydrogens is 292 g/mol. The van der Waals surface area contributed by atoms with Crippen LogP contribution in [0.3, 0.4) is 0 Å². The monoisotopic (exact) mass is 316 g/mol. The Morgan fingerprint density at radius 1 is 0.826 bits per heavy atom. The molecule has 0 aromatic heterocycles. The van der Waals surface area contributed by atoms with Gasteiger partial charge in [-0.25, -0.2) is 0 Å². The molecule has 4 rings (SSSR count). The van der Waals surface area contributed by atoms with E-state index in [4.69, 9.17) is 0 Å².